The van der Waals surface area contributed by atoms with Gasteiger partial charge in [-0.15, -0.1) is 0 Å². The van der Waals surface area contributed by atoms with Gasteiger partial charge in [-0.3, -0.25) is 14.2 Å². The van der Waals surface area contributed by atoms with Gasteiger partial charge in [0, 0.05) is 29.3 Å². The summed E-state index contributed by atoms with van der Waals surface area (Å²) in [5, 5.41) is 6.18. The van der Waals surface area contributed by atoms with Crippen molar-refractivity contribution in [2.24, 2.45) is 0 Å². The lowest BCUT2D eigenvalue weighted by molar-refractivity contribution is -0.113. The molecule has 2 aromatic heterocycles. The number of aryl methyl sites for hydroxylation is 2. The molecule has 0 aliphatic carbocycles. The van der Waals surface area contributed by atoms with E-state index in [2.05, 4.69) is 15.6 Å². The molecule has 174 valence electrons. The van der Waals surface area contributed by atoms with E-state index in [9.17, 15) is 14.0 Å². The molecule has 0 aliphatic heterocycles. The van der Waals surface area contributed by atoms with E-state index in [0.717, 1.165) is 17.0 Å². The van der Waals surface area contributed by atoms with E-state index >= 15 is 0 Å². The molecule has 7 nitrogen and oxygen atoms in total. The molecule has 0 saturated carbocycles. The zero-order valence-corrected chi connectivity index (χ0v) is 19.5. The highest BCUT2D eigenvalue weighted by molar-refractivity contribution is 7.99. The zero-order valence-electron chi connectivity index (χ0n) is 18.7. The fourth-order valence-electron chi connectivity index (χ4n) is 3.26. The van der Waals surface area contributed by atoms with Gasteiger partial charge in [-0.05, 0) is 67.9 Å². The van der Waals surface area contributed by atoms with Gasteiger partial charge < -0.3 is 15.1 Å². The molecule has 0 spiro atoms. The molecule has 0 saturated heterocycles. The molecule has 0 unspecified atom stereocenters. The maximum Gasteiger partial charge on any atom is 0.251 e. The van der Waals surface area contributed by atoms with Crippen molar-refractivity contribution < 1.29 is 18.4 Å². The first kappa shape index (κ1) is 23.3. The minimum atomic E-state index is -0.405. The quantitative estimate of drug-likeness (QED) is 0.352. The number of imidazole rings is 1. The van der Waals surface area contributed by atoms with Gasteiger partial charge in [-0.2, -0.15) is 0 Å². The van der Waals surface area contributed by atoms with Gasteiger partial charge in [0.25, 0.3) is 5.91 Å². The monoisotopic (exact) mass is 478 g/mol. The van der Waals surface area contributed by atoms with Gasteiger partial charge >= 0.3 is 0 Å². The normalized spacial score (nSPS) is 10.8. The number of hydrogen-bond donors (Lipinski definition) is 2. The summed E-state index contributed by atoms with van der Waals surface area (Å²) in [4.78, 5) is 29.1. The molecule has 0 fully saturated rings. The number of hydrogen-bond acceptors (Lipinski definition) is 5. The van der Waals surface area contributed by atoms with Crippen LogP contribution in [0.15, 0.2) is 76.6 Å². The van der Waals surface area contributed by atoms with Crippen LogP contribution in [0.5, 0.6) is 0 Å². The van der Waals surface area contributed by atoms with Crippen LogP contribution in [-0.2, 0) is 11.3 Å². The lowest BCUT2D eigenvalue weighted by atomic mass is 10.2. The van der Waals surface area contributed by atoms with Crippen molar-refractivity contribution in [1.29, 1.82) is 0 Å². The number of halogens is 1. The number of amides is 2. The highest BCUT2D eigenvalue weighted by Gasteiger charge is 2.12. The van der Waals surface area contributed by atoms with Gasteiger partial charge in [0.05, 0.1) is 12.3 Å². The number of benzene rings is 2. The summed E-state index contributed by atoms with van der Waals surface area (Å²) in [6, 6.07) is 15.0. The largest absolute Gasteiger partial charge is 0.465 e. The summed E-state index contributed by atoms with van der Waals surface area (Å²) in [7, 11) is 0. The number of rotatable bonds is 8. The highest BCUT2D eigenvalue weighted by atomic mass is 32.2. The average Bonchev–Trinajstić information content (AvgIpc) is 3.47. The second-order valence-corrected chi connectivity index (χ2v) is 8.56. The molecule has 0 radical (unpaired) electrons. The predicted molar refractivity (Wildman–Crippen MR) is 129 cm³/mol. The molecule has 0 aliphatic rings. The van der Waals surface area contributed by atoms with Crippen molar-refractivity contribution in [3.05, 3.63) is 95.5 Å². The molecule has 4 rings (SSSR count). The Morgan fingerprint density at radius 2 is 1.88 bits per heavy atom. The number of thioether (sulfide) groups is 1. The zero-order chi connectivity index (χ0) is 24.1. The maximum absolute atomic E-state index is 13.4. The molecule has 2 heterocycles. The lowest BCUT2D eigenvalue weighted by Gasteiger charge is -2.10. The molecule has 9 heteroatoms. The van der Waals surface area contributed by atoms with Crippen LogP contribution < -0.4 is 10.6 Å². The van der Waals surface area contributed by atoms with E-state index in [0.29, 0.717) is 28.7 Å². The number of furan rings is 1. The molecule has 0 atom stereocenters. The van der Waals surface area contributed by atoms with Crippen LogP contribution in [0.2, 0.25) is 0 Å². The molecule has 2 amide bonds. The van der Waals surface area contributed by atoms with Crippen LogP contribution in [0.3, 0.4) is 0 Å². The fourth-order valence-corrected chi connectivity index (χ4v) is 4.03. The van der Waals surface area contributed by atoms with Crippen LogP contribution in [-0.4, -0.2) is 27.1 Å². The van der Waals surface area contributed by atoms with Crippen molar-refractivity contribution in [2.75, 3.05) is 11.1 Å². The third-order valence-corrected chi connectivity index (χ3v) is 6.01. The molecule has 34 heavy (non-hydrogen) atoms. The number of carbonyl (C=O) groups excluding carboxylic acids is 2. The number of nitrogens with one attached hydrogen (secondary N) is 2. The number of nitrogens with zero attached hydrogens (tertiary/aromatic N) is 2. The van der Waals surface area contributed by atoms with E-state index in [1.165, 1.54) is 23.9 Å². The van der Waals surface area contributed by atoms with Gasteiger partial charge in [0.2, 0.25) is 5.91 Å². The van der Waals surface area contributed by atoms with Gasteiger partial charge in [-0.25, -0.2) is 9.37 Å². The minimum Gasteiger partial charge on any atom is -0.465 e. The highest BCUT2D eigenvalue weighted by Crippen LogP contribution is 2.22. The number of aromatic nitrogens is 2. The van der Waals surface area contributed by atoms with Crippen molar-refractivity contribution in [3.63, 3.8) is 0 Å². The summed E-state index contributed by atoms with van der Waals surface area (Å²) < 4.78 is 20.7. The van der Waals surface area contributed by atoms with Crippen molar-refractivity contribution in [2.45, 2.75) is 25.5 Å². The summed E-state index contributed by atoms with van der Waals surface area (Å²) in [6.45, 7) is 3.97. The van der Waals surface area contributed by atoms with Gasteiger partial charge in [0.15, 0.2) is 5.16 Å². The second kappa shape index (κ2) is 10.4. The smallest absolute Gasteiger partial charge is 0.251 e. The lowest BCUT2D eigenvalue weighted by Crippen LogP contribution is -2.22. The van der Waals surface area contributed by atoms with Gasteiger partial charge in [0.1, 0.15) is 17.3 Å². The Morgan fingerprint density at radius 1 is 1.09 bits per heavy atom. The standard InChI is InChI=1S/C25H23FN4O3S/c1-16-3-7-19(26)13-22(16)29-23(31)15-34-25-27-11-12-30(25)20-8-5-18(6-9-20)24(32)28-14-21-10-4-17(2)33-21/h3-13H,14-15H2,1-2H3,(H,28,32)(H,29,31). The van der Waals surface area contributed by atoms with Crippen LogP contribution in [0, 0.1) is 19.7 Å². The molecule has 0 bridgehead atoms. The number of anilines is 1. The summed E-state index contributed by atoms with van der Waals surface area (Å²) in [5.74, 6) is 0.734. The molecule has 2 N–H and O–H groups in total. The Labute approximate surface area is 200 Å². The van der Waals surface area contributed by atoms with Crippen molar-refractivity contribution in [1.82, 2.24) is 14.9 Å². The maximum atomic E-state index is 13.4. The van der Waals surface area contributed by atoms with Crippen LogP contribution in [0.25, 0.3) is 5.69 Å². The van der Waals surface area contributed by atoms with E-state index in [1.54, 1.807) is 37.5 Å². The number of carbonyl (C=O) groups is 2. The van der Waals surface area contributed by atoms with Gasteiger partial charge in [-0.1, -0.05) is 17.8 Å². The predicted octanol–water partition coefficient (Wildman–Crippen LogP) is 4.88. The third-order valence-electron chi connectivity index (χ3n) is 5.04. The van der Waals surface area contributed by atoms with Crippen LogP contribution in [0.4, 0.5) is 10.1 Å². The summed E-state index contributed by atoms with van der Waals surface area (Å²) in [5.41, 5.74) is 2.56. The van der Waals surface area contributed by atoms with Crippen LogP contribution >= 0.6 is 11.8 Å². The second-order valence-electron chi connectivity index (χ2n) is 7.62. The first-order valence-electron chi connectivity index (χ1n) is 10.5. The summed E-state index contributed by atoms with van der Waals surface area (Å²) >= 11 is 1.26. The Hall–Kier alpha value is -3.85. The van der Waals surface area contributed by atoms with Crippen molar-refractivity contribution in [3.8, 4) is 5.69 Å². The molecular weight excluding hydrogens is 455 g/mol. The molecule has 4 aromatic rings. The Morgan fingerprint density at radius 3 is 2.62 bits per heavy atom. The third kappa shape index (κ3) is 5.74. The van der Waals surface area contributed by atoms with Crippen LogP contribution in [0.1, 0.15) is 27.4 Å². The molecular formula is C25H23FN4O3S. The first-order chi connectivity index (χ1) is 16.4. The van der Waals surface area contributed by atoms with Crippen molar-refractivity contribution >= 4 is 29.3 Å². The van der Waals surface area contributed by atoms with E-state index in [1.807, 2.05) is 35.8 Å². The molecule has 2 aromatic carbocycles. The van der Waals surface area contributed by atoms with E-state index in [4.69, 9.17) is 4.42 Å². The fraction of sp³-hybridized carbons (Fsp3) is 0.160. The Balaban J connectivity index is 1.35. The Kier molecular flexibility index (Phi) is 7.12. The first-order valence-corrected chi connectivity index (χ1v) is 11.5. The SMILES string of the molecule is Cc1ccc(CNC(=O)c2ccc(-n3ccnc3SCC(=O)Nc3cc(F)ccc3C)cc2)o1. The van der Waals surface area contributed by atoms with E-state index < -0.39 is 5.82 Å². The summed E-state index contributed by atoms with van der Waals surface area (Å²) in [6.07, 6.45) is 3.42. The Bertz CT molecular complexity index is 1310. The topological polar surface area (TPSA) is 89.2 Å². The van der Waals surface area contributed by atoms with E-state index in [-0.39, 0.29) is 17.6 Å². The average molecular weight is 479 g/mol. The minimum absolute atomic E-state index is 0.111.